The predicted molar refractivity (Wildman–Crippen MR) is 130 cm³/mol. The van der Waals surface area contributed by atoms with Gasteiger partial charge in [-0.2, -0.15) is 0 Å². The quantitative estimate of drug-likeness (QED) is 0.256. The van der Waals surface area contributed by atoms with Crippen molar-refractivity contribution >= 4 is 29.6 Å². The number of aryl methyl sites for hydroxylation is 1. The average Bonchev–Trinajstić information content (AvgIpc) is 2.85. The van der Waals surface area contributed by atoms with Crippen molar-refractivity contribution in [3.05, 3.63) is 65.7 Å². The van der Waals surface area contributed by atoms with Gasteiger partial charge in [-0.05, 0) is 29.7 Å². The SMILES string of the molecule is CN(CC(=O)O)C(=O)CNC(=O)[C@H](Cc1ccccc1)NC(=O)CNC(=O)CCc1ccc(O)cc1. The van der Waals surface area contributed by atoms with Crippen LogP contribution in [-0.2, 0) is 36.8 Å². The Morgan fingerprint density at radius 1 is 0.861 bits per heavy atom. The van der Waals surface area contributed by atoms with E-state index in [0.29, 0.717) is 6.42 Å². The number of hydrogen-bond acceptors (Lipinski definition) is 6. The number of amides is 4. The van der Waals surface area contributed by atoms with E-state index in [4.69, 9.17) is 5.11 Å². The summed E-state index contributed by atoms with van der Waals surface area (Å²) in [6.07, 6.45) is 0.710. The first-order valence-corrected chi connectivity index (χ1v) is 11.3. The highest BCUT2D eigenvalue weighted by Crippen LogP contribution is 2.11. The molecule has 0 aromatic heterocycles. The third kappa shape index (κ3) is 10.2. The minimum absolute atomic E-state index is 0.130. The van der Waals surface area contributed by atoms with Gasteiger partial charge in [0.2, 0.25) is 23.6 Å². The van der Waals surface area contributed by atoms with E-state index in [-0.39, 0.29) is 31.0 Å². The first-order chi connectivity index (χ1) is 17.1. The van der Waals surface area contributed by atoms with E-state index in [0.717, 1.165) is 16.0 Å². The van der Waals surface area contributed by atoms with Crippen LogP contribution in [0.1, 0.15) is 17.5 Å². The fourth-order valence-electron chi connectivity index (χ4n) is 3.20. The van der Waals surface area contributed by atoms with Crippen molar-refractivity contribution in [1.82, 2.24) is 20.9 Å². The number of benzene rings is 2. The zero-order chi connectivity index (χ0) is 26.5. The molecule has 0 aliphatic heterocycles. The second-order valence-corrected chi connectivity index (χ2v) is 8.11. The Balaban J connectivity index is 1.89. The fourth-order valence-corrected chi connectivity index (χ4v) is 3.20. The van der Waals surface area contributed by atoms with Gasteiger partial charge in [0.1, 0.15) is 18.3 Å². The number of carboxylic acid groups (broad SMARTS) is 1. The monoisotopic (exact) mass is 498 g/mol. The number of phenolic OH excluding ortho intramolecular Hbond substituents is 1. The molecular formula is C25H30N4O7. The minimum atomic E-state index is -1.18. The molecule has 0 heterocycles. The summed E-state index contributed by atoms with van der Waals surface area (Å²) in [6, 6.07) is 14.4. The van der Waals surface area contributed by atoms with Crippen LogP contribution in [0.2, 0.25) is 0 Å². The van der Waals surface area contributed by atoms with E-state index in [1.165, 1.54) is 19.2 Å². The van der Waals surface area contributed by atoms with Gasteiger partial charge < -0.3 is 31.1 Å². The summed E-state index contributed by atoms with van der Waals surface area (Å²) in [5.41, 5.74) is 1.63. The zero-order valence-corrected chi connectivity index (χ0v) is 19.9. The Morgan fingerprint density at radius 2 is 1.53 bits per heavy atom. The number of phenols is 1. The first-order valence-electron chi connectivity index (χ1n) is 11.3. The van der Waals surface area contributed by atoms with Gasteiger partial charge in [-0.3, -0.25) is 24.0 Å². The van der Waals surface area contributed by atoms with Gasteiger partial charge in [0.25, 0.3) is 0 Å². The summed E-state index contributed by atoms with van der Waals surface area (Å²) >= 11 is 0. The maximum atomic E-state index is 12.7. The summed E-state index contributed by atoms with van der Waals surface area (Å²) in [6.45, 7) is -1.28. The normalized spacial score (nSPS) is 11.1. The number of carbonyl (C=O) groups is 5. The lowest BCUT2D eigenvalue weighted by Gasteiger charge is -2.20. The standard InChI is InChI=1S/C25H30N4O7/c1-29(16-24(34)35)23(33)15-27-25(36)20(13-18-5-3-2-4-6-18)28-22(32)14-26-21(31)12-9-17-7-10-19(30)11-8-17/h2-8,10-11,20,30H,9,12-16H2,1H3,(H,26,31)(H,27,36)(H,28,32)(H,34,35)/t20-/m0/s1. The highest BCUT2D eigenvalue weighted by Gasteiger charge is 2.23. The molecule has 4 amide bonds. The molecule has 0 unspecified atom stereocenters. The molecule has 0 aliphatic rings. The summed E-state index contributed by atoms with van der Waals surface area (Å²) in [7, 11) is 1.30. The van der Waals surface area contributed by atoms with Crippen LogP contribution in [0.15, 0.2) is 54.6 Å². The minimum Gasteiger partial charge on any atom is -0.508 e. The maximum Gasteiger partial charge on any atom is 0.323 e. The van der Waals surface area contributed by atoms with Crippen molar-refractivity contribution in [2.45, 2.75) is 25.3 Å². The lowest BCUT2D eigenvalue weighted by Crippen LogP contribution is -2.52. The topological polar surface area (TPSA) is 165 Å². The molecule has 5 N–H and O–H groups in total. The van der Waals surface area contributed by atoms with E-state index in [2.05, 4.69) is 16.0 Å². The number of nitrogens with one attached hydrogen (secondary N) is 3. The van der Waals surface area contributed by atoms with Gasteiger partial charge in [0.15, 0.2) is 0 Å². The molecule has 2 aromatic carbocycles. The molecule has 0 fully saturated rings. The second kappa shape index (κ2) is 14.1. The zero-order valence-electron chi connectivity index (χ0n) is 19.9. The van der Waals surface area contributed by atoms with Gasteiger partial charge in [0, 0.05) is 19.9 Å². The molecule has 0 aliphatic carbocycles. The van der Waals surface area contributed by atoms with Crippen LogP contribution >= 0.6 is 0 Å². The van der Waals surface area contributed by atoms with E-state index in [1.54, 1.807) is 36.4 Å². The molecule has 36 heavy (non-hydrogen) atoms. The number of rotatable bonds is 13. The van der Waals surface area contributed by atoms with Crippen molar-refractivity contribution < 1.29 is 34.2 Å². The number of nitrogens with zero attached hydrogens (tertiary/aromatic N) is 1. The van der Waals surface area contributed by atoms with Crippen LogP contribution in [0.25, 0.3) is 0 Å². The fraction of sp³-hybridized carbons (Fsp3) is 0.320. The molecule has 192 valence electrons. The van der Waals surface area contributed by atoms with E-state index >= 15 is 0 Å². The van der Waals surface area contributed by atoms with Crippen LogP contribution in [0, 0.1) is 0 Å². The highest BCUT2D eigenvalue weighted by atomic mass is 16.4. The molecule has 2 aromatic rings. The Bertz CT molecular complexity index is 1060. The number of aromatic hydroxyl groups is 1. The molecule has 0 saturated carbocycles. The van der Waals surface area contributed by atoms with Crippen molar-refractivity contribution in [2.24, 2.45) is 0 Å². The third-order valence-electron chi connectivity index (χ3n) is 5.17. The van der Waals surface area contributed by atoms with Gasteiger partial charge >= 0.3 is 5.97 Å². The molecule has 11 heteroatoms. The van der Waals surface area contributed by atoms with Crippen LogP contribution in [-0.4, -0.2) is 77.4 Å². The lowest BCUT2D eigenvalue weighted by molar-refractivity contribution is -0.143. The Kier molecular flexibility index (Phi) is 10.9. The highest BCUT2D eigenvalue weighted by molar-refractivity contribution is 5.92. The number of hydrogen-bond donors (Lipinski definition) is 5. The smallest absolute Gasteiger partial charge is 0.323 e. The number of carbonyl (C=O) groups excluding carboxylic acids is 4. The predicted octanol–water partition coefficient (Wildman–Crippen LogP) is -0.172. The lowest BCUT2D eigenvalue weighted by atomic mass is 10.1. The van der Waals surface area contributed by atoms with Crippen LogP contribution in [0.5, 0.6) is 5.75 Å². The van der Waals surface area contributed by atoms with Crippen molar-refractivity contribution in [2.75, 3.05) is 26.7 Å². The summed E-state index contributed by atoms with van der Waals surface area (Å²) in [5.74, 6) is -3.21. The van der Waals surface area contributed by atoms with Crippen LogP contribution in [0.4, 0.5) is 0 Å². The van der Waals surface area contributed by atoms with Gasteiger partial charge in [-0.1, -0.05) is 42.5 Å². The molecule has 0 spiro atoms. The van der Waals surface area contributed by atoms with Gasteiger partial charge in [0.05, 0.1) is 13.1 Å². The van der Waals surface area contributed by atoms with Crippen LogP contribution < -0.4 is 16.0 Å². The van der Waals surface area contributed by atoms with E-state index < -0.39 is 42.8 Å². The average molecular weight is 499 g/mol. The van der Waals surface area contributed by atoms with E-state index in [9.17, 15) is 29.1 Å². The van der Waals surface area contributed by atoms with E-state index in [1.807, 2.05) is 6.07 Å². The first kappa shape index (κ1) is 27.8. The number of likely N-dealkylation sites (N-methyl/N-ethyl adjacent to an activating group) is 1. The number of carboxylic acids is 1. The Hall–Kier alpha value is -4.41. The summed E-state index contributed by atoms with van der Waals surface area (Å²) in [4.78, 5) is 61.1. The summed E-state index contributed by atoms with van der Waals surface area (Å²) in [5, 5.41) is 25.6. The largest absolute Gasteiger partial charge is 0.508 e. The molecule has 0 radical (unpaired) electrons. The Morgan fingerprint density at radius 3 is 2.17 bits per heavy atom. The Labute approximate surface area is 208 Å². The van der Waals surface area contributed by atoms with Crippen LogP contribution in [0.3, 0.4) is 0 Å². The molecule has 11 nitrogen and oxygen atoms in total. The summed E-state index contributed by atoms with van der Waals surface area (Å²) < 4.78 is 0. The molecule has 1 atom stereocenters. The van der Waals surface area contributed by atoms with Crippen molar-refractivity contribution in [1.29, 1.82) is 0 Å². The van der Waals surface area contributed by atoms with Gasteiger partial charge in [-0.15, -0.1) is 0 Å². The maximum absolute atomic E-state index is 12.7. The molecular weight excluding hydrogens is 468 g/mol. The molecule has 2 rings (SSSR count). The molecule has 0 saturated heterocycles. The van der Waals surface area contributed by atoms with Gasteiger partial charge in [-0.25, -0.2) is 0 Å². The third-order valence-corrected chi connectivity index (χ3v) is 5.17. The second-order valence-electron chi connectivity index (χ2n) is 8.11. The number of aliphatic carboxylic acids is 1. The van der Waals surface area contributed by atoms with Crippen molar-refractivity contribution in [3.63, 3.8) is 0 Å². The van der Waals surface area contributed by atoms with Crippen molar-refractivity contribution in [3.8, 4) is 5.75 Å². The molecule has 0 bridgehead atoms.